The van der Waals surface area contributed by atoms with Crippen LogP contribution in [0.15, 0.2) is 29.2 Å². The molecule has 2 fully saturated rings. The van der Waals surface area contributed by atoms with Gasteiger partial charge in [-0.3, -0.25) is 19.7 Å². The Hall–Kier alpha value is -3.07. The first-order valence-electron chi connectivity index (χ1n) is 10.8. The first-order chi connectivity index (χ1) is 15.3. The number of amides is 1. The normalized spacial score (nSPS) is 24.1. The molecule has 1 saturated heterocycles. The standard InChI is InChI=1S/C23H23F2N3O4/c24-14-6-4-12(16(25)8-14)5-7-18(29)15-10-27-11-19-26-9-13-2-1-3-17(13)28(19)23(32)20(27)22(31)21(15)30/h4,6,8,10,13,17,19,26,31H,1-3,5,7,9,11H2/t13-,17-,19-/m0/s1. The topological polar surface area (TPSA) is 91.6 Å². The van der Waals surface area contributed by atoms with Gasteiger partial charge in [0.2, 0.25) is 5.43 Å². The molecule has 0 spiro atoms. The van der Waals surface area contributed by atoms with Crippen LogP contribution in [0.2, 0.25) is 0 Å². The molecule has 3 atom stereocenters. The summed E-state index contributed by atoms with van der Waals surface area (Å²) in [6, 6.07) is 3.19. The van der Waals surface area contributed by atoms with Crippen molar-refractivity contribution in [2.75, 3.05) is 6.54 Å². The third kappa shape index (κ3) is 3.31. The number of aryl methyl sites for hydroxylation is 1. The van der Waals surface area contributed by atoms with Gasteiger partial charge < -0.3 is 14.6 Å². The third-order valence-electron chi connectivity index (χ3n) is 6.93. The monoisotopic (exact) mass is 443 g/mol. The van der Waals surface area contributed by atoms with E-state index in [2.05, 4.69) is 5.32 Å². The minimum Gasteiger partial charge on any atom is -0.503 e. The van der Waals surface area contributed by atoms with Crippen LogP contribution in [-0.2, 0) is 13.0 Å². The molecule has 32 heavy (non-hydrogen) atoms. The van der Waals surface area contributed by atoms with Gasteiger partial charge in [0.15, 0.2) is 17.2 Å². The maximum absolute atomic E-state index is 13.9. The van der Waals surface area contributed by atoms with Crippen molar-refractivity contribution in [1.29, 1.82) is 0 Å². The maximum atomic E-state index is 13.9. The number of ketones is 1. The number of carbonyl (C=O) groups is 2. The zero-order valence-electron chi connectivity index (χ0n) is 17.3. The van der Waals surface area contributed by atoms with E-state index in [0.29, 0.717) is 12.5 Å². The van der Waals surface area contributed by atoms with E-state index < -0.39 is 34.5 Å². The highest BCUT2D eigenvalue weighted by Crippen LogP contribution is 2.37. The van der Waals surface area contributed by atoms with Gasteiger partial charge in [0.25, 0.3) is 5.91 Å². The van der Waals surface area contributed by atoms with E-state index in [-0.39, 0.29) is 41.9 Å². The molecular weight excluding hydrogens is 420 g/mol. The number of pyridine rings is 1. The number of nitrogens with one attached hydrogen (secondary N) is 1. The molecule has 1 amide bonds. The van der Waals surface area contributed by atoms with Crippen molar-refractivity contribution in [2.24, 2.45) is 5.92 Å². The molecule has 7 nitrogen and oxygen atoms in total. The van der Waals surface area contributed by atoms with E-state index in [0.717, 1.165) is 37.9 Å². The Bertz CT molecular complexity index is 1180. The number of halogens is 2. The molecule has 2 aliphatic heterocycles. The van der Waals surface area contributed by atoms with Crippen molar-refractivity contribution < 1.29 is 23.5 Å². The molecule has 2 aromatic rings. The SMILES string of the molecule is O=C(CCc1ccc(F)cc1F)c1cn2c(c(O)c1=O)C(=O)N1[C@@H](C2)NC[C@@H]2CCC[C@@H]21. The average molecular weight is 443 g/mol. The molecule has 1 aliphatic carbocycles. The van der Waals surface area contributed by atoms with Gasteiger partial charge in [-0.25, -0.2) is 8.78 Å². The maximum Gasteiger partial charge on any atom is 0.276 e. The quantitative estimate of drug-likeness (QED) is 0.707. The Morgan fingerprint density at radius 1 is 1.22 bits per heavy atom. The summed E-state index contributed by atoms with van der Waals surface area (Å²) in [5.41, 5.74) is -1.09. The van der Waals surface area contributed by atoms with Crippen LogP contribution < -0.4 is 10.7 Å². The number of nitrogens with zero attached hydrogens (tertiary/aromatic N) is 2. The molecule has 1 saturated carbocycles. The van der Waals surface area contributed by atoms with Crippen LogP contribution in [0.4, 0.5) is 8.78 Å². The van der Waals surface area contributed by atoms with Crippen molar-refractivity contribution in [3.8, 4) is 5.75 Å². The molecule has 1 aromatic carbocycles. The molecule has 0 unspecified atom stereocenters. The van der Waals surface area contributed by atoms with Crippen LogP contribution in [0.25, 0.3) is 0 Å². The Labute approximate surface area is 182 Å². The second kappa shape index (κ2) is 7.81. The molecule has 0 radical (unpaired) electrons. The number of hydrogen-bond donors (Lipinski definition) is 2. The van der Waals surface area contributed by atoms with Gasteiger partial charge in [0.05, 0.1) is 12.1 Å². The Morgan fingerprint density at radius 3 is 2.81 bits per heavy atom. The van der Waals surface area contributed by atoms with Crippen LogP contribution in [0, 0.1) is 17.6 Å². The number of rotatable bonds is 4. The zero-order valence-corrected chi connectivity index (χ0v) is 17.3. The lowest BCUT2D eigenvalue weighted by atomic mass is 9.95. The summed E-state index contributed by atoms with van der Waals surface area (Å²) in [5.74, 6) is -2.83. The second-order valence-corrected chi connectivity index (χ2v) is 8.78. The lowest BCUT2D eigenvalue weighted by Gasteiger charge is -2.47. The number of Topliss-reactive ketones (excluding diaryl/α,β-unsaturated/α-hetero) is 1. The van der Waals surface area contributed by atoms with Gasteiger partial charge in [0.1, 0.15) is 17.8 Å². The Kier molecular flexibility index (Phi) is 5.08. The predicted octanol–water partition coefficient (Wildman–Crippen LogP) is 2.20. The smallest absolute Gasteiger partial charge is 0.276 e. The fourth-order valence-electron chi connectivity index (χ4n) is 5.32. The third-order valence-corrected chi connectivity index (χ3v) is 6.93. The number of benzene rings is 1. The van der Waals surface area contributed by atoms with Gasteiger partial charge in [0, 0.05) is 31.3 Å². The summed E-state index contributed by atoms with van der Waals surface area (Å²) in [6.07, 6.45) is 3.81. The lowest BCUT2D eigenvalue weighted by Crippen LogP contribution is -2.65. The number of hydrogen-bond acceptors (Lipinski definition) is 5. The Morgan fingerprint density at radius 2 is 2.03 bits per heavy atom. The Balaban J connectivity index is 1.43. The summed E-state index contributed by atoms with van der Waals surface area (Å²) < 4.78 is 28.4. The fourth-order valence-corrected chi connectivity index (χ4v) is 5.32. The van der Waals surface area contributed by atoms with Crippen LogP contribution in [0.1, 0.15) is 52.1 Å². The van der Waals surface area contributed by atoms with E-state index >= 15 is 0 Å². The molecular formula is C23H23F2N3O4. The van der Waals surface area contributed by atoms with Crippen molar-refractivity contribution >= 4 is 11.7 Å². The van der Waals surface area contributed by atoms with Crippen molar-refractivity contribution in [3.63, 3.8) is 0 Å². The van der Waals surface area contributed by atoms with E-state index in [4.69, 9.17) is 0 Å². The first-order valence-corrected chi connectivity index (χ1v) is 10.8. The zero-order chi connectivity index (χ0) is 22.6. The molecule has 1 aromatic heterocycles. The first kappa shape index (κ1) is 20.8. The number of aromatic nitrogens is 1. The van der Waals surface area contributed by atoms with Gasteiger partial charge in [-0.2, -0.15) is 0 Å². The number of aromatic hydroxyl groups is 1. The second-order valence-electron chi connectivity index (χ2n) is 8.78. The van der Waals surface area contributed by atoms with Crippen LogP contribution in [0.5, 0.6) is 5.75 Å². The van der Waals surface area contributed by atoms with E-state index in [1.807, 2.05) is 0 Å². The van der Waals surface area contributed by atoms with Gasteiger partial charge in [-0.1, -0.05) is 12.5 Å². The summed E-state index contributed by atoms with van der Waals surface area (Å²) in [6.45, 7) is 1.11. The molecule has 168 valence electrons. The van der Waals surface area contributed by atoms with Crippen LogP contribution >= 0.6 is 0 Å². The predicted molar refractivity (Wildman–Crippen MR) is 110 cm³/mol. The summed E-state index contributed by atoms with van der Waals surface area (Å²) in [4.78, 5) is 40.5. The fraction of sp³-hybridized carbons (Fsp3) is 0.435. The molecule has 9 heteroatoms. The van der Waals surface area contributed by atoms with E-state index in [1.54, 1.807) is 4.90 Å². The van der Waals surface area contributed by atoms with Crippen molar-refractivity contribution in [1.82, 2.24) is 14.8 Å². The molecule has 2 N–H and O–H groups in total. The highest BCUT2D eigenvalue weighted by atomic mass is 19.1. The van der Waals surface area contributed by atoms with Gasteiger partial charge >= 0.3 is 0 Å². The highest BCUT2D eigenvalue weighted by Gasteiger charge is 2.46. The van der Waals surface area contributed by atoms with E-state index in [9.17, 15) is 28.3 Å². The molecule has 3 aliphatic rings. The minimum atomic E-state index is -0.902. The summed E-state index contributed by atoms with van der Waals surface area (Å²) in [7, 11) is 0. The molecule has 5 rings (SSSR count). The van der Waals surface area contributed by atoms with Crippen LogP contribution in [-0.4, -0.2) is 45.0 Å². The van der Waals surface area contributed by atoms with Crippen molar-refractivity contribution in [2.45, 2.75) is 50.9 Å². The number of fused-ring (bicyclic) bond motifs is 4. The minimum absolute atomic E-state index is 0.0210. The lowest BCUT2D eigenvalue weighted by molar-refractivity contribution is 0.0160. The van der Waals surface area contributed by atoms with Gasteiger partial charge in [-0.05, 0) is 36.8 Å². The summed E-state index contributed by atoms with van der Waals surface area (Å²) in [5, 5.41) is 14.0. The van der Waals surface area contributed by atoms with Crippen molar-refractivity contribution in [3.05, 3.63) is 63.1 Å². The molecule has 0 bridgehead atoms. The summed E-state index contributed by atoms with van der Waals surface area (Å²) >= 11 is 0. The van der Waals surface area contributed by atoms with Crippen LogP contribution in [0.3, 0.4) is 0 Å². The number of carbonyl (C=O) groups excluding carboxylic acids is 2. The average Bonchev–Trinajstić information content (AvgIpc) is 3.24. The highest BCUT2D eigenvalue weighted by molar-refractivity contribution is 6.00. The largest absolute Gasteiger partial charge is 0.503 e. The molecule has 3 heterocycles. The van der Waals surface area contributed by atoms with Gasteiger partial charge in [-0.15, -0.1) is 0 Å². The van der Waals surface area contributed by atoms with E-state index in [1.165, 1.54) is 16.8 Å².